The molecule has 16 heavy (non-hydrogen) atoms. The summed E-state index contributed by atoms with van der Waals surface area (Å²) in [5, 5.41) is 0. The summed E-state index contributed by atoms with van der Waals surface area (Å²) < 4.78 is 0. The van der Waals surface area contributed by atoms with E-state index in [0.717, 1.165) is 6.42 Å². The van der Waals surface area contributed by atoms with Gasteiger partial charge >= 0.3 is 0 Å². The average molecular weight is 240 g/mol. The third-order valence-electron chi connectivity index (χ3n) is 2.23. The van der Waals surface area contributed by atoms with Crippen LogP contribution in [0.1, 0.15) is 57.2 Å². The Kier molecular flexibility index (Phi) is 12.4. The lowest BCUT2D eigenvalue weighted by molar-refractivity contribution is 0.860. The Morgan fingerprint density at radius 3 is 1.94 bits per heavy atom. The van der Waals surface area contributed by atoms with Crippen LogP contribution in [-0.2, 0) is 6.42 Å². The van der Waals surface area contributed by atoms with Crippen molar-refractivity contribution in [3.63, 3.8) is 0 Å². The fourth-order valence-electron chi connectivity index (χ4n) is 1.43. The quantitative estimate of drug-likeness (QED) is 0.670. The largest absolute Gasteiger partial charge is 0.183 e. The summed E-state index contributed by atoms with van der Waals surface area (Å²) in [4.78, 5) is 0. The predicted octanol–water partition coefficient (Wildman–Crippen LogP) is 5.25. The molecule has 0 aliphatic carbocycles. The van der Waals surface area contributed by atoms with E-state index in [-0.39, 0.29) is 0 Å². The summed E-state index contributed by atoms with van der Waals surface area (Å²) in [6.07, 6.45) is 2.83. The fraction of sp³-hybridized carbons (Fsp3) is 0.600. The average Bonchev–Trinajstić information content (AvgIpc) is 2.33. The first-order valence-electron chi connectivity index (χ1n) is 6.18. The topological polar surface area (TPSA) is 0 Å². The molecule has 0 fully saturated rings. The number of aryl methyl sites for hydroxylation is 2. The van der Waals surface area contributed by atoms with Gasteiger partial charge < -0.3 is 0 Å². The van der Waals surface area contributed by atoms with Gasteiger partial charge in [0.15, 0.2) is 0 Å². The van der Waals surface area contributed by atoms with Gasteiger partial charge in [0.05, 0.1) is 0 Å². The van der Waals surface area contributed by atoms with Crippen LogP contribution in [0, 0.1) is 6.92 Å². The molecular formula is C15H28S. The Balaban J connectivity index is 0. The normalized spacial score (nSPS) is 8.81. The first kappa shape index (κ1) is 17.9. The molecule has 1 rings (SSSR count). The third kappa shape index (κ3) is 6.95. The number of rotatable bonds is 2. The smallest absolute Gasteiger partial charge is 0.0215 e. The molecule has 0 heterocycles. The second-order valence-electron chi connectivity index (χ2n) is 3.76. The van der Waals surface area contributed by atoms with Gasteiger partial charge in [-0.3, -0.25) is 0 Å². The van der Waals surface area contributed by atoms with Crippen LogP contribution in [0.25, 0.3) is 0 Å². The molecule has 0 aromatic heterocycles. The maximum atomic E-state index is 3.53. The summed E-state index contributed by atoms with van der Waals surface area (Å²) in [6, 6.07) is 6.87. The van der Waals surface area contributed by atoms with Crippen LogP contribution in [0.3, 0.4) is 0 Å². The predicted molar refractivity (Wildman–Crippen MR) is 80.9 cm³/mol. The first-order valence-corrected chi connectivity index (χ1v) is 7.08. The standard InChI is InChI=1S/C12H18.C2H6.CH4S/c1-5-11-6-10(4)7-12(8-11)9(2)3;2*1-2/h6-9H,5H2,1-4H3;1-2H3;2H,1H3. The van der Waals surface area contributed by atoms with Crippen molar-refractivity contribution in [1.82, 2.24) is 0 Å². The number of thiol groups is 1. The zero-order valence-corrected chi connectivity index (χ0v) is 12.9. The fourth-order valence-corrected chi connectivity index (χ4v) is 1.43. The zero-order valence-electron chi connectivity index (χ0n) is 12.0. The minimum atomic E-state index is 0.648. The van der Waals surface area contributed by atoms with E-state index in [2.05, 4.69) is 58.5 Å². The molecule has 0 radical (unpaired) electrons. The highest BCUT2D eigenvalue weighted by atomic mass is 32.1. The van der Waals surface area contributed by atoms with Gasteiger partial charge in [-0.2, -0.15) is 12.6 Å². The van der Waals surface area contributed by atoms with Gasteiger partial charge in [-0.15, -0.1) is 0 Å². The summed E-state index contributed by atoms with van der Waals surface area (Å²) in [5.74, 6) is 0.648. The Morgan fingerprint density at radius 2 is 1.56 bits per heavy atom. The van der Waals surface area contributed by atoms with E-state index in [1.54, 1.807) is 6.26 Å². The minimum Gasteiger partial charge on any atom is -0.183 e. The van der Waals surface area contributed by atoms with Gasteiger partial charge in [0.1, 0.15) is 0 Å². The SMILES string of the molecule is CC.CCc1cc(C)cc(C(C)C)c1.CS. The molecule has 0 atom stereocenters. The first-order chi connectivity index (χ1) is 7.63. The van der Waals surface area contributed by atoms with Crippen molar-refractivity contribution >= 4 is 12.6 Å². The van der Waals surface area contributed by atoms with Crippen LogP contribution in [0.5, 0.6) is 0 Å². The molecule has 0 saturated carbocycles. The molecule has 0 amide bonds. The minimum absolute atomic E-state index is 0.648. The second kappa shape index (κ2) is 11.1. The molecule has 0 spiro atoms. The molecule has 0 aliphatic rings. The molecule has 0 nitrogen and oxygen atoms in total. The van der Waals surface area contributed by atoms with Crippen LogP contribution in [-0.4, -0.2) is 6.26 Å². The summed E-state index contributed by atoms with van der Waals surface area (Å²) in [6.45, 7) is 12.9. The summed E-state index contributed by atoms with van der Waals surface area (Å²) in [5.41, 5.74) is 4.31. The Labute approximate surface area is 108 Å². The lowest BCUT2D eigenvalue weighted by atomic mass is 9.97. The Bertz CT molecular complexity index is 264. The monoisotopic (exact) mass is 240 g/mol. The van der Waals surface area contributed by atoms with Gasteiger partial charge in [-0.05, 0) is 36.6 Å². The summed E-state index contributed by atoms with van der Waals surface area (Å²) >= 11 is 3.53. The van der Waals surface area contributed by atoms with Crippen molar-refractivity contribution < 1.29 is 0 Å². The van der Waals surface area contributed by atoms with Crippen molar-refractivity contribution in [3.05, 3.63) is 34.9 Å². The maximum Gasteiger partial charge on any atom is -0.0215 e. The van der Waals surface area contributed by atoms with Crippen LogP contribution in [0.2, 0.25) is 0 Å². The molecule has 1 aromatic carbocycles. The van der Waals surface area contributed by atoms with Crippen LogP contribution in [0.4, 0.5) is 0 Å². The highest BCUT2D eigenvalue weighted by molar-refractivity contribution is 7.79. The van der Waals surface area contributed by atoms with Crippen molar-refractivity contribution in [3.8, 4) is 0 Å². The zero-order chi connectivity index (χ0) is 13.1. The molecule has 0 bridgehead atoms. The number of benzene rings is 1. The maximum absolute atomic E-state index is 3.53. The second-order valence-corrected chi connectivity index (χ2v) is 3.76. The molecule has 1 aromatic rings. The molecule has 0 unspecified atom stereocenters. The molecule has 0 N–H and O–H groups in total. The summed E-state index contributed by atoms with van der Waals surface area (Å²) in [7, 11) is 0. The van der Waals surface area contributed by atoms with Gasteiger partial charge in [-0.1, -0.05) is 58.4 Å². The van der Waals surface area contributed by atoms with Crippen molar-refractivity contribution in [2.75, 3.05) is 6.26 Å². The van der Waals surface area contributed by atoms with E-state index in [1.165, 1.54) is 16.7 Å². The Hall–Kier alpha value is -0.430. The van der Waals surface area contributed by atoms with Crippen LogP contribution in [0.15, 0.2) is 18.2 Å². The number of hydrogen-bond donors (Lipinski definition) is 1. The van der Waals surface area contributed by atoms with Crippen LogP contribution >= 0.6 is 12.6 Å². The van der Waals surface area contributed by atoms with E-state index in [1.807, 2.05) is 13.8 Å². The van der Waals surface area contributed by atoms with Crippen LogP contribution < -0.4 is 0 Å². The van der Waals surface area contributed by atoms with E-state index in [4.69, 9.17) is 0 Å². The Morgan fingerprint density at radius 1 is 1.06 bits per heavy atom. The van der Waals surface area contributed by atoms with Crippen molar-refractivity contribution in [2.24, 2.45) is 0 Å². The lowest BCUT2D eigenvalue weighted by Crippen LogP contribution is -1.91. The van der Waals surface area contributed by atoms with E-state index < -0.39 is 0 Å². The highest BCUT2D eigenvalue weighted by Gasteiger charge is 2.00. The highest BCUT2D eigenvalue weighted by Crippen LogP contribution is 2.18. The van der Waals surface area contributed by atoms with Crippen molar-refractivity contribution in [1.29, 1.82) is 0 Å². The number of hydrogen-bond acceptors (Lipinski definition) is 1. The van der Waals surface area contributed by atoms with Crippen molar-refractivity contribution in [2.45, 2.75) is 53.9 Å². The van der Waals surface area contributed by atoms with Gasteiger partial charge in [-0.25, -0.2) is 0 Å². The molecular weight excluding hydrogens is 212 g/mol. The molecule has 1 heteroatoms. The van der Waals surface area contributed by atoms with Gasteiger partial charge in [0.25, 0.3) is 0 Å². The third-order valence-corrected chi connectivity index (χ3v) is 2.23. The van der Waals surface area contributed by atoms with Gasteiger partial charge in [0, 0.05) is 0 Å². The van der Waals surface area contributed by atoms with E-state index >= 15 is 0 Å². The molecule has 0 saturated heterocycles. The van der Waals surface area contributed by atoms with E-state index in [9.17, 15) is 0 Å². The lowest BCUT2D eigenvalue weighted by Gasteiger charge is -2.08. The van der Waals surface area contributed by atoms with E-state index in [0.29, 0.717) is 5.92 Å². The molecule has 0 aliphatic heterocycles. The molecule has 94 valence electrons. The van der Waals surface area contributed by atoms with Gasteiger partial charge in [0.2, 0.25) is 0 Å².